The van der Waals surface area contributed by atoms with E-state index in [-0.39, 0.29) is 6.54 Å². The van der Waals surface area contributed by atoms with E-state index in [2.05, 4.69) is 9.97 Å². The van der Waals surface area contributed by atoms with Gasteiger partial charge in [0.1, 0.15) is 5.82 Å². The van der Waals surface area contributed by atoms with E-state index in [0.29, 0.717) is 5.82 Å². The molecule has 0 saturated heterocycles. The Labute approximate surface area is 47.6 Å². The van der Waals surface area contributed by atoms with Crippen LogP contribution < -0.4 is 5.73 Å². The van der Waals surface area contributed by atoms with Crippen LogP contribution >= 0.6 is 0 Å². The third kappa shape index (κ3) is 1.01. The van der Waals surface area contributed by atoms with Gasteiger partial charge in [0.25, 0.3) is 0 Å². The van der Waals surface area contributed by atoms with Crippen molar-refractivity contribution in [2.24, 2.45) is 0 Å². The second kappa shape index (κ2) is 2.37. The zero-order valence-electron chi connectivity index (χ0n) is 4.33. The minimum atomic E-state index is 0.167. The van der Waals surface area contributed by atoms with E-state index in [1.54, 1.807) is 18.5 Å². The second-order valence-corrected chi connectivity index (χ2v) is 1.34. The molecule has 0 aliphatic carbocycles. The second-order valence-electron chi connectivity index (χ2n) is 1.34. The molecule has 1 aromatic heterocycles. The average Bonchev–Trinajstić information content (AvgIpc) is 1.90. The van der Waals surface area contributed by atoms with Crippen molar-refractivity contribution < 1.29 is 0 Å². The Kier molecular flexibility index (Phi) is 1.54. The van der Waals surface area contributed by atoms with Crippen LogP contribution in [0.15, 0.2) is 18.5 Å². The summed E-state index contributed by atoms with van der Waals surface area (Å²) in [6.07, 6.45) is 3.27. The Morgan fingerprint density at radius 3 is 2.38 bits per heavy atom. The molecule has 0 amide bonds. The minimum absolute atomic E-state index is 0.167. The molecule has 1 N–H and O–H groups in total. The predicted molar refractivity (Wildman–Crippen MR) is 28.8 cm³/mol. The first-order valence-corrected chi connectivity index (χ1v) is 2.34. The van der Waals surface area contributed by atoms with Gasteiger partial charge in [-0.25, -0.2) is 15.7 Å². The van der Waals surface area contributed by atoms with Crippen LogP contribution in [0.25, 0.3) is 0 Å². The number of aromatic nitrogens is 2. The molecule has 41 valence electrons. The maximum absolute atomic E-state index is 6.82. The highest BCUT2D eigenvalue weighted by molar-refractivity contribution is 4.86. The zero-order chi connectivity index (χ0) is 5.82. The Bertz CT molecular complexity index is 149. The first-order valence-electron chi connectivity index (χ1n) is 2.34. The SMILES string of the molecule is [NH]Cc1ncccn1. The molecule has 0 aliphatic heterocycles. The Morgan fingerprint density at radius 2 is 2.00 bits per heavy atom. The predicted octanol–water partition coefficient (Wildman–Crippen LogP) is 0.260. The molecule has 0 atom stereocenters. The molecule has 1 radical (unpaired) electrons. The van der Waals surface area contributed by atoms with Crippen molar-refractivity contribution in [1.29, 1.82) is 0 Å². The fraction of sp³-hybridized carbons (Fsp3) is 0.200. The van der Waals surface area contributed by atoms with E-state index in [4.69, 9.17) is 5.73 Å². The van der Waals surface area contributed by atoms with Gasteiger partial charge in [-0.3, -0.25) is 0 Å². The van der Waals surface area contributed by atoms with Crippen molar-refractivity contribution in [3.05, 3.63) is 24.3 Å². The van der Waals surface area contributed by atoms with E-state index in [1.165, 1.54) is 0 Å². The first-order chi connectivity index (χ1) is 3.93. The monoisotopic (exact) mass is 108 g/mol. The summed E-state index contributed by atoms with van der Waals surface area (Å²) in [4.78, 5) is 7.60. The van der Waals surface area contributed by atoms with Gasteiger partial charge in [0.05, 0.1) is 6.54 Å². The van der Waals surface area contributed by atoms with Crippen molar-refractivity contribution >= 4 is 0 Å². The quantitative estimate of drug-likeness (QED) is 0.518. The molecule has 0 unspecified atom stereocenters. The van der Waals surface area contributed by atoms with Gasteiger partial charge in [-0.2, -0.15) is 0 Å². The van der Waals surface area contributed by atoms with Crippen LogP contribution in [0.5, 0.6) is 0 Å². The molecule has 1 heterocycles. The van der Waals surface area contributed by atoms with Gasteiger partial charge in [0, 0.05) is 12.4 Å². The highest BCUT2D eigenvalue weighted by atomic mass is 14.9. The lowest BCUT2D eigenvalue weighted by atomic mass is 10.6. The molecule has 3 heteroatoms. The standard InChI is InChI=1S/C5H6N3/c6-4-5-7-2-1-3-8-5/h1-3,6H,4H2. The van der Waals surface area contributed by atoms with E-state index in [9.17, 15) is 0 Å². The number of nitrogens with zero attached hydrogens (tertiary/aromatic N) is 2. The summed E-state index contributed by atoms with van der Waals surface area (Å²) in [6, 6.07) is 1.74. The van der Waals surface area contributed by atoms with Gasteiger partial charge in [-0.15, -0.1) is 0 Å². The fourth-order valence-electron chi connectivity index (χ4n) is 0.421. The maximum Gasteiger partial charge on any atom is 0.143 e. The van der Waals surface area contributed by atoms with E-state index in [1.807, 2.05) is 0 Å². The molecule has 1 aromatic rings. The zero-order valence-corrected chi connectivity index (χ0v) is 4.33. The van der Waals surface area contributed by atoms with E-state index in [0.717, 1.165) is 0 Å². The molecular weight excluding hydrogens is 102 g/mol. The number of hydrogen-bond acceptors (Lipinski definition) is 2. The summed E-state index contributed by atoms with van der Waals surface area (Å²) in [6.45, 7) is 0.167. The van der Waals surface area contributed by atoms with Crippen molar-refractivity contribution in [2.45, 2.75) is 6.54 Å². The minimum Gasteiger partial charge on any atom is -0.250 e. The van der Waals surface area contributed by atoms with Crippen LogP contribution in [0.4, 0.5) is 0 Å². The molecule has 0 fully saturated rings. The van der Waals surface area contributed by atoms with Crippen LogP contribution in [-0.2, 0) is 6.54 Å². The first kappa shape index (κ1) is 5.18. The normalized spacial score (nSPS) is 9.12. The lowest BCUT2D eigenvalue weighted by molar-refractivity contribution is 0.887. The van der Waals surface area contributed by atoms with Gasteiger partial charge in [0.2, 0.25) is 0 Å². The van der Waals surface area contributed by atoms with E-state index >= 15 is 0 Å². The van der Waals surface area contributed by atoms with Gasteiger partial charge in [-0.05, 0) is 6.07 Å². The average molecular weight is 108 g/mol. The third-order valence-electron chi connectivity index (χ3n) is 0.777. The summed E-state index contributed by atoms with van der Waals surface area (Å²) in [7, 11) is 0. The maximum atomic E-state index is 6.82. The van der Waals surface area contributed by atoms with Crippen molar-refractivity contribution in [1.82, 2.24) is 15.7 Å². The molecule has 0 aliphatic rings. The summed E-state index contributed by atoms with van der Waals surface area (Å²) < 4.78 is 0. The van der Waals surface area contributed by atoms with Crippen LogP contribution in [-0.4, -0.2) is 9.97 Å². The molecule has 0 bridgehead atoms. The highest BCUT2D eigenvalue weighted by Gasteiger charge is 1.84. The largest absolute Gasteiger partial charge is 0.250 e. The summed E-state index contributed by atoms with van der Waals surface area (Å²) in [5, 5.41) is 0. The molecule has 8 heavy (non-hydrogen) atoms. The van der Waals surface area contributed by atoms with E-state index < -0.39 is 0 Å². The fourth-order valence-corrected chi connectivity index (χ4v) is 0.421. The summed E-state index contributed by atoms with van der Waals surface area (Å²) in [5.41, 5.74) is 6.82. The van der Waals surface area contributed by atoms with Crippen LogP contribution in [0.3, 0.4) is 0 Å². The third-order valence-corrected chi connectivity index (χ3v) is 0.777. The number of rotatable bonds is 1. The van der Waals surface area contributed by atoms with Crippen LogP contribution in [0, 0.1) is 0 Å². The topological polar surface area (TPSA) is 49.6 Å². The molecule has 0 saturated carbocycles. The highest BCUT2D eigenvalue weighted by Crippen LogP contribution is 1.82. The van der Waals surface area contributed by atoms with Crippen LogP contribution in [0.1, 0.15) is 5.82 Å². The smallest absolute Gasteiger partial charge is 0.143 e. The summed E-state index contributed by atoms with van der Waals surface area (Å²) in [5.74, 6) is 0.576. The van der Waals surface area contributed by atoms with Crippen molar-refractivity contribution in [3.63, 3.8) is 0 Å². The van der Waals surface area contributed by atoms with Gasteiger partial charge < -0.3 is 0 Å². The van der Waals surface area contributed by atoms with Gasteiger partial charge >= 0.3 is 0 Å². The lowest BCUT2D eigenvalue weighted by Crippen LogP contribution is -1.91. The van der Waals surface area contributed by atoms with Crippen molar-refractivity contribution in [2.75, 3.05) is 0 Å². The molecule has 0 aromatic carbocycles. The Hall–Kier alpha value is -0.960. The Balaban J connectivity index is 2.83. The summed E-state index contributed by atoms with van der Waals surface area (Å²) >= 11 is 0. The number of hydrogen-bond donors (Lipinski definition) is 0. The number of nitrogens with one attached hydrogen (secondary N) is 1. The van der Waals surface area contributed by atoms with Crippen LogP contribution in [0.2, 0.25) is 0 Å². The molecule has 3 nitrogen and oxygen atoms in total. The van der Waals surface area contributed by atoms with Gasteiger partial charge in [0.15, 0.2) is 0 Å². The molecular formula is C5H6N3. The van der Waals surface area contributed by atoms with Gasteiger partial charge in [-0.1, -0.05) is 0 Å². The Morgan fingerprint density at radius 1 is 1.38 bits per heavy atom. The molecule has 1 rings (SSSR count). The molecule has 0 spiro atoms. The lowest BCUT2D eigenvalue weighted by Gasteiger charge is -1.87. The van der Waals surface area contributed by atoms with Crippen molar-refractivity contribution in [3.8, 4) is 0 Å².